The fourth-order valence-corrected chi connectivity index (χ4v) is 3.42. The molecule has 0 spiro atoms. The molecule has 0 atom stereocenters. The molecule has 1 aromatic rings. The SMILES string of the molecule is C#CCNC(=NCCCN1CCC(C)CC1)Nc1ccc2c(c1)OCCCO2. The minimum absolute atomic E-state index is 0.431. The maximum atomic E-state index is 5.76. The van der Waals surface area contributed by atoms with E-state index in [0.717, 1.165) is 49.0 Å². The lowest BCUT2D eigenvalue weighted by atomic mass is 9.99. The van der Waals surface area contributed by atoms with Crippen molar-refractivity contribution < 1.29 is 9.47 Å². The zero-order chi connectivity index (χ0) is 19.6. The Labute approximate surface area is 168 Å². The van der Waals surface area contributed by atoms with Crippen molar-refractivity contribution in [3.05, 3.63) is 18.2 Å². The van der Waals surface area contributed by atoms with Gasteiger partial charge in [-0.25, -0.2) is 0 Å². The molecular formula is C22H32N4O2. The number of aliphatic imine (C=N–C) groups is 1. The first kappa shape index (κ1) is 20.3. The van der Waals surface area contributed by atoms with Gasteiger partial charge in [-0.2, -0.15) is 0 Å². The molecule has 1 saturated heterocycles. The van der Waals surface area contributed by atoms with Crippen LogP contribution >= 0.6 is 0 Å². The molecule has 3 rings (SSSR count). The predicted molar refractivity (Wildman–Crippen MR) is 114 cm³/mol. The van der Waals surface area contributed by atoms with Crippen LogP contribution in [0.4, 0.5) is 5.69 Å². The molecule has 2 heterocycles. The summed E-state index contributed by atoms with van der Waals surface area (Å²) >= 11 is 0. The first-order valence-corrected chi connectivity index (χ1v) is 10.4. The van der Waals surface area contributed by atoms with Gasteiger partial charge in [0.05, 0.1) is 19.8 Å². The lowest BCUT2D eigenvalue weighted by molar-refractivity contribution is 0.192. The summed E-state index contributed by atoms with van der Waals surface area (Å²) in [6.45, 7) is 8.41. The van der Waals surface area contributed by atoms with Gasteiger partial charge in [0.1, 0.15) is 0 Å². The van der Waals surface area contributed by atoms with E-state index in [1.165, 1.54) is 25.9 Å². The number of benzene rings is 1. The van der Waals surface area contributed by atoms with Crippen molar-refractivity contribution in [2.75, 3.05) is 51.3 Å². The predicted octanol–water partition coefficient (Wildman–Crippen LogP) is 2.96. The van der Waals surface area contributed by atoms with Gasteiger partial charge < -0.3 is 25.0 Å². The largest absolute Gasteiger partial charge is 0.490 e. The van der Waals surface area contributed by atoms with Gasteiger partial charge in [0.15, 0.2) is 17.5 Å². The van der Waals surface area contributed by atoms with Gasteiger partial charge >= 0.3 is 0 Å². The average Bonchev–Trinajstić information content (AvgIpc) is 2.95. The van der Waals surface area contributed by atoms with E-state index in [1.807, 2.05) is 18.2 Å². The molecule has 2 aliphatic heterocycles. The summed E-state index contributed by atoms with van der Waals surface area (Å²) in [4.78, 5) is 7.23. The molecule has 0 saturated carbocycles. The Morgan fingerprint density at radius 3 is 2.82 bits per heavy atom. The molecule has 28 heavy (non-hydrogen) atoms. The summed E-state index contributed by atoms with van der Waals surface area (Å²) in [7, 11) is 0. The average molecular weight is 385 g/mol. The molecule has 0 aromatic heterocycles. The monoisotopic (exact) mass is 384 g/mol. The second-order valence-electron chi connectivity index (χ2n) is 7.50. The number of fused-ring (bicyclic) bond motifs is 1. The van der Waals surface area contributed by atoms with Crippen molar-refractivity contribution in [3.63, 3.8) is 0 Å². The number of nitrogens with one attached hydrogen (secondary N) is 2. The summed E-state index contributed by atoms with van der Waals surface area (Å²) in [5.41, 5.74) is 0.900. The first-order chi connectivity index (χ1) is 13.7. The summed E-state index contributed by atoms with van der Waals surface area (Å²) in [6, 6.07) is 5.84. The highest BCUT2D eigenvalue weighted by Gasteiger charge is 2.15. The molecule has 1 aromatic carbocycles. The Kier molecular flexibility index (Phi) is 7.86. The van der Waals surface area contributed by atoms with Crippen molar-refractivity contribution in [2.45, 2.75) is 32.6 Å². The molecule has 0 amide bonds. The molecule has 2 aliphatic rings. The maximum Gasteiger partial charge on any atom is 0.196 e. The van der Waals surface area contributed by atoms with E-state index >= 15 is 0 Å². The van der Waals surface area contributed by atoms with Gasteiger partial charge in [-0.05, 0) is 56.9 Å². The van der Waals surface area contributed by atoms with Crippen LogP contribution < -0.4 is 20.1 Å². The fraction of sp³-hybridized carbons (Fsp3) is 0.591. The Bertz CT molecular complexity index is 690. The van der Waals surface area contributed by atoms with Crippen molar-refractivity contribution in [1.29, 1.82) is 0 Å². The maximum absolute atomic E-state index is 5.76. The molecule has 6 heteroatoms. The molecule has 0 bridgehead atoms. The number of rotatable bonds is 6. The van der Waals surface area contributed by atoms with Crippen LogP contribution in [0.25, 0.3) is 0 Å². The van der Waals surface area contributed by atoms with E-state index in [0.29, 0.717) is 25.7 Å². The first-order valence-electron chi connectivity index (χ1n) is 10.4. The third kappa shape index (κ3) is 6.35. The Morgan fingerprint density at radius 1 is 1.25 bits per heavy atom. The van der Waals surface area contributed by atoms with Gasteiger partial charge in [-0.15, -0.1) is 6.42 Å². The zero-order valence-electron chi connectivity index (χ0n) is 16.9. The van der Waals surface area contributed by atoms with Crippen LogP contribution in [0.1, 0.15) is 32.6 Å². The third-order valence-corrected chi connectivity index (χ3v) is 5.15. The number of hydrogen-bond acceptors (Lipinski definition) is 4. The number of anilines is 1. The van der Waals surface area contributed by atoms with Crippen LogP contribution in [0.2, 0.25) is 0 Å². The molecule has 152 valence electrons. The van der Waals surface area contributed by atoms with E-state index in [4.69, 9.17) is 15.9 Å². The molecular weight excluding hydrogens is 352 g/mol. The van der Waals surface area contributed by atoms with Crippen molar-refractivity contribution in [3.8, 4) is 23.8 Å². The van der Waals surface area contributed by atoms with Gasteiger partial charge in [0, 0.05) is 24.7 Å². The third-order valence-electron chi connectivity index (χ3n) is 5.15. The van der Waals surface area contributed by atoms with Gasteiger partial charge in [0.25, 0.3) is 0 Å². The molecule has 0 aliphatic carbocycles. The molecule has 1 fully saturated rings. The number of terminal acetylenes is 1. The second kappa shape index (κ2) is 10.8. The van der Waals surface area contributed by atoms with E-state index < -0.39 is 0 Å². The molecule has 6 nitrogen and oxygen atoms in total. The van der Waals surface area contributed by atoms with Crippen LogP contribution in [-0.2, 0) is 0 Å². The summed E-state index contributed by atoms with van der Waals surface area (Å²) in [5.74, 6) is 5.71. The van der Waals surface area contributed by atoms with Crippen LogP contribution in [0.15, 0.2) is 23.2 Å². The smallest absolute Gasteiger partial charge is 0.196 e. The minimum atomic E-state index is 0.431. The fourth-order valence-electron chi connectivity index (χ4n) is 3.42. The van der Waals surface area contributed by atoms with Crippen molar-refractivity contribution in [2.24, 2.45) is 10.9 Å². The second-order valence-corrected chi connectivity index (χ2v) is 7.50. The lowest BCUT2D eigenvalue weighted by Gasteiger charge is -2.29. The standard InChI is InChI=1S/C22H32N4O2/c1-3-10-23-22(24-11-4-12-26-13-8-18(2)9-14-26)25-19-6-7-20-21(17-19)28-16-5-15-27-20/h1,6-7,17-18H,4-5,8-16H2,2H3,(H2,23,24,25). The van der Waals surface area contributed by atoms with Crippen LogP contribution in [0.3, 0.4) is 0 Å². The van der Waals surface area contributed by atoms with Gasteiger partial charge in [0.2, 0.25) is 0 Å². The normalized spacial score (nSPS) is 18.2. The number of likely N-dealkylation sites (tertiary alicyclic amines) is 1. The van der Waals surface area contributed by atoms with Crippen LogP contribution in [0.5, 0.6) is 11.5 Å². The number of ether oxygens (including phenoxy) is 2. The highest BCUT2D eigenvalue weighted by molar-refractivity contribution is 5.94. The van der Waals surface area contributed by atoms with E-state index in [9.17, 15) is 0 Å². The van der Waals surface area contributed by atoms with Gasteiger partial charge in [-0.3, -0.25) is 4.99 Å². The van der Waals surface area contributed by atoms with Crippen LogP contribution in [-0.4, -0.2) is 56.8 Å². The highest BCUT2D eigenvalue weighted by Crippen LogP contribution is 2.32. The highest BCUT2D eigenvalue weighted by atomic mass is 16.5. The Hall–Kier alpha value is -2.39. The van der Waals surface area contributed by atoms with E-state index in [1.54, 1.807) is 0 Å². The number of piperidine rings is 1. The molecule has 2 N–H and O–H groups in total. The molecule has 0 unspecified atom stereocenters. The van der Waals surface area contributed by atoms with E-state index in [2.05, 4.69) is 33.4 Å². The minimum Gasteiger partial charge on any atom is -0.490 e. The summed E-state index contributed by atoms with van der Waals surface area (Å²) in [5, 5.41) is 6.49. The summed E-state index contributed by atoms with van der Waals surface area (Å²) in [6.07, 6.45) is 9.96. The zero-order valence-corrected chi connectivity index (χ0v) is 16.9. The Morgan fingerprint density at radius 2 is 2.04 bits per heavy atom. The number of guanidine groups is 1. The van der Waals surface area contributed by atoms with Crippen LogP contribution in [0, 0.1) is 18.3 Å². The topological polar surface area (TPSA) is 58.1 Å². The van der Waals surface area contributed by atoms with E-state index in [-0.39, 0.29) is 0 Å². The van der Waals surface area contributed by atoms with Gasteiger partial charge in [-0.1, -0.05) is 12.8 Å². The quantitative estimate of drug-likeness (QED) is 0.342. The summed E-state index contributed by atoms with van der Waals surface area (Å²) < 4.78 is 11.4. The number of hydrogen-bond donors (Lipinski definition) is 2. The lowest BCUT2D eigenvalue weighted by Crippen LogP contribution is -2.34. The number of nitrogens with zero attached hydrogens (tertiary/aromatic N) is 2. The van der Waals surface area contributed by atoms with Crippen molar-refractivity contribution >= 4 is 11.6 Å². The molecule has 0 radical (unpaired) electrons. The van der Waals surface area contributed by atoms with Crippen molar-refractivity contribution in [1.82, 2.24) is 10.2 Å². The Balaban J connectivity index is 1.53.